The van der Waals surface area contributed by atoms with Crippen LogP contribution in [-0.2, 0) is 0 Å². The first kappa shape index (κ1) is 13.5. The Morgan fingerprint density at radius 3 is 2.86 bits per heavy atom. The van der Waals surface area contributed by atoms with Gasteiger partial charge in [0.25, 0.3) is 0 Å². The van der Waals surface area contributed by atoms with Gasteiger partial charge in [-0.2, -0.15) is 4.98 Å². The Labute approximate surface area is 123 Å². The van der Waals surface area contributed by atoms with E-state index in [2.05, 4.69) is 25.5 Å². The van der Waals surface area contributed by atoms with Gasteiger partial charge >= 0.3 is 5.69 Å². The third-order valence-electron chi connectivity index (χ3n) is 2.88. The quantitative estimate of drug-likeness (QED) is 0.354. The first-order valence-electron chi connectivity index (χ1n) is 6.17. The van der Waals surface area contributed by atoms with E-state index in [1.807, 2.05) is 0 Å². The molecule has 1 aliphatic carbocycles. The minimum atomic E-state index is -0.505. The second-order valence-electron chi connectivity index (χ2n) is 4.56. The van der Waals surface area contributed by atoms with E-state index in [0.29, 0.717) is 16.1 Å². The highest BCUT2D eigenvalue weighted by Gasteiger charge is 2.27. The monoisotopic (exact) mass is 308 g/mol. The second kappa shape index (κ2) is 5.16. The van der Waals surface area contributed by atoms with Gasteiger partial charge in [0.15, 0.2) is 5.16 Å². The lowest BCUT2D eigenvalue weighted by Crippen LogP contribution is -2.12. The fourth-order valence-corrected chi connectivity index (χ4v) is 2.29. The van der Waals surface area contributed by atoms with Crippen molar-refractivity contribution in [1.29, 1.82) is 0 Å². The van der Waals surface area contributed by atoms with Crippen LogP contribution in [0.3, 0.4) is 0 Å². The molecule has 0 radical (unpaired) electrons. The Hall–Kier alpha value is -2.43. The van der Waals surface area contributed by atoms with Crippen molar-refractivity contribution in [1.82, 2.24) is 24.8 Å². The molecule has 0 saturated heterocycles. The van der Waals surface area contributed by atoms with Gasteiger partial charge in [-0.15, -0.1) is 10.2 Å². The summed E-state index contributed by atoms with van der Waals surface area (Å²) in [5.74, 6) is 6.52. The number of aromatic nitrogens is 5. The highest BCUT2D eigenvalue weighted by Crippen LogP contribution is 2.31. The molecule has 11 heteroatoms. The van der Waals surface area contributed by atoms with E-state index in [9.17, 15) is 10.1 Å². The van der Waals surface area contributed by atoms with E-state index in [0.717, 1.165) is 24.6 Å². The number of hydrogen-bond donors (Lipinski definition) is 2. The van der Waals surface area contributed by atoms with Crippen LogP contribution in [0.2, 0.25) is 0 Å². The molecule has 3 N–H and O–H groups in total. The van der Waals surface area contributed by atoms with Crippen LogP contribution in [0.5, 0.6) is 0 Å². The van der Waals surface area contributed by atoms with E-state index >= 15 is 0 Å². The molecule has 0 amide bonds. The van der Waals surface area contributed by atoms with Crippen molar-refractivity contribution in [3.63, 3.8) is 0 Å². The van der Waals surface area contributed by atoms with Gasteiger partial charge in [-0.3, -0.25) is 10.1 Å². The van der Waals surface area contributed by atoms with E-state index in [1.54, 1.807) is 6.92 Å². The summed E-state index contributed by atoms with van der Waals surface area (Å²) in [5.41, 5.74) is -0.142. The van der Waals surface area contributed by atoms with E-state index < -0.39 is 4.92 Å². The smallest absolute Gasteiger partial charge is 0.329 e. The van der Waals surface area contributed by atoms with Crippen LogP contribution in [-0.4, -0.2) is 35.8 Å². The van der Waals surface area contributed by atoms with Crippen molar-refractivity contribution in [3.8, 4) is 0 Å². The number of rotatable bonds is 5. The standard InChI is InChI=1S/C10H12N8O2S/c1-5-15-16-10(17(5)11)21-9-12-4-7(18(19)20)8(14-9)13-6-2-3-6/h4,6H,2-3,11H2,1H3,(H,12,13,14). The van der Waals surface area contributed by atoms with Crippen LogP contribution in [0.1, 0.15) is 18.7 Å². The Balaban J connectivity index is 1.88. The zero-order valence-electron chi connectivity index (χ0n) is 11.1. The third kappa shape index (κ3) is 2.86. The number of hydrogen-bond acceptors (Lipinski definition) is 9. The maximum atomic E-state index is 11.0. The van der Waals surface area contributed by atoms with E-state index in [-0.39, 0.29) is 17.5 Å². The Morgan fingerprint density at radius 2 is 2.29 bits per heavy atom. The van der Waals surface area contributed by atoms with Crippen molar-refractivity contribution in [2.24, 2.45) is 0 Å². The van der Waals surface area contributed by atoms with E-state index in [1.165, 1.54) is 10.9 Å². The second-order valence-corrected chi connectivity index (χ2v) is 5.50. The fraction of sp³-hybridized carbons (Fsp3) is 0.400. The molecular weight excluding hydrogens is 296 g/mol. The Kier molecular flexibility index (Phi) is 3.33. The lowest BCUT2D eigenvalue weighted by Gasteiger charge is -2.06. The average molecular weight is 308 g/mol. The van der Waals surface area contributed by atoms with Gasteiger partial charge in [-0.05, 0) is 31.5 Å². The maximum absolute atomic E-state index is 11.0. The minimum absolute atomic E-state index is 0.142. The molecule has 2 heterocycles. The maximum Gasteiger partial charge on any atom is 0.329 e. The summed E-state index contributed by atoms with van der Waals surface area (Å²) in [5, 5.41) is 22.5. The first-order valence-corrected chi connectivity index (χ1v) is 6.99. The van der Waals surface area contributed by atoms with Crippen molar-refractivity contribution in [2.45, 2.75) is 36.1 Å². The van der Waals surface area contributed by atoms with Crippen LogP contribution in [0.4, 0.5) is 11.5 Å². The molecule has 1 fully saturated rings. The molecule has 0 spiro atoms. The number of anilines is 1. The van der Waals surface area contributed by atoms with E-state index in [4.69, 9.17) is 5.84 Å². The summed E-state index contributed by atoms with van der Waals surface area (Å²) in [4.78, 5) is 18.6. The highest BCUT2D eigenvalue weighted by atomic mass is 32.2. The van der Waals surface area contributed by atoms with Crippen molar-refractivity contribution < 1.29 is 4.92 Å². The molecule has 110 valence electrons. The molecular formula is C10H12N8O2S. The number of nitrogen functional groups attached to an aromatic ring is 1. The van der Waals surface area contributed by atoms with Crippen molar-refractivity contribution in [2.75, 3.05) is 11.2 Å². The summed E-state index contributed by atoms with van der Waals surface area (Å²) < 4.78 is 1.31. The summed E-state index contributed by atoms with van der Waals surface area (Å²) in [6.45, 7) is 1.72. The Morgan fingerprint density at radius 1 is 1.52 bits per heavy atom. The van der Waals surface area contributed by atoms with Gasteiger partial charge in [0.05, 0.1) is 4.92 Å². The average Bonchev–Trinajstić information content (AvgIpc) is 3.20. The minimum Gasteiger partial charge on any atom is -0.361 e. The number of nitrogens with one attached hydrogen (secondary N) is 1. The first-order chi connectivity index (χ1) is 10.0. The molecule has 3 rings (SSSR count). The predicted octanol–water partition coefficient (Wildman–Crippen LogP) is 0.724. The largest absolute Gasteiger partial charge is 0.361 e. The number of nitro groups is 1. The molecule has 2 aromatic heterocycles. The van der Waals surface area contributed by atoms with Crippen molar-refractivity contribution >= 4 is 23.3 Å². The predicted molar refractivity (Wildman–Crippen MR) is 74.4 cm³/mol. The van der Waals surface area contributed by atoms with Crippen LogP contribution in [0.15, 0.2) is 16.5 Å². The molecule has 21 heavy (non-hydrogen) atoms. The molecule has 1 saturated carbocycles. The molecule has 0 unspecified atom stereocenters. The summed E-state index contributed by atoms with van der Waals surface area (Å²) in [7, 11) is 0. The summed E-state index contributed by atoms with van der Waals surface area (Å²) in [6, 6.07) is 0.247. The lowest BCUT2D eigenvalue weighted by molar-refractivity contribution is -0.384. The van der Waals surface area contributed by atoms with Gasteiger partial charge in [0.2, 0.25) is 11.0 Å². The Bertz CT molecular complexity index is 698. The summed E-state index contributed by atoms with van der Waals surface area (Å²) >= 11 is 1.10. The van der Waals surface area contributed by atoms with Crippen LogP contribution in [0, 0.1) is 17.0 Å². The van der Waals surface area contributed by atoms with Crippen LogP contribution >= 0.6 is 11.8 Å². The topological polar surface area (TPSA) is 138 Å². The van der Waals surface area contributed by atoms with Crippen LogP contribution in [0.25, 0.3) is 0 Å². The molecule has 0 aromatic carbocycles. The molecule has 1 aliphatic rings. The van der Waals surface area contributed by atoms with Gasteiger partial charge < -0.3 is 11.2 Å². The van der Waals surface area contributed by atoms with Gasteiger partial charge in [0.1, 0.15) is 12.0 Å². The summed E-state index contributed by atoms with van der Waals surface area (Å²) in [6.07, 6.45) is 3.16. The van der Waals surface area contributed by atoms with Gasteiger partial charge in [0, 0.05) is 6.04 Å². The zero-order chi connectivity index (χ0) is 15.0. The molecule has 10 nitrogen and oxygen atoms in total. The zero-order valence-corrected chi connectivity index (χ0v) is 11.9. The highest BCUT2D eigenvalue weighted by molar-refractivity contribution is 7.99. The molecule has 2 aromatic rings. The van der Waals surface area contributed by atoms with Crippen LogP contribution < -0.4 is 11.2 Å². The normalized spacial score (nSPS) is 14.1. The van der Waals surface area contributed by atoms with Gasteiger partial charge in [-0.25, -0.2) is 9.66 Å². The SMILES string of the molecule is Cc1nnc(Sc2ncc([N+](=O)[O-])c(NC3CC3)n2)n1N. The molecule has 0 atom stereocenters. The number of nitrogens with two attached hydrogens (primary N) is 1. The molecule has 0 aliphatic heterocycles. The third-order valence-corrected chi connectivity index (χ3v) is 3.72. The fourth-order valence-electron chi connectivity index (χ4n) is 1.57. The number of aryl methyl sites for hydroxylation is 1. The van der Waals surface area contributed by atoms with Crippen molar-refractivity contribution in [3.05, 3.63) is 22.1 Å². The molecule has 0 bridgehead atoms. The van der Waals surface area contributed by atoms with Gasteiger partial charge in [-0.1, -0.05) is 0 Å². The lowest BCUT2D eigenvalue weighted by atomic mass is 10.4. The number of nitrogens with zero attached hydrogens (tertiary/aromatic N) is 6.